The molecule has 0 aromatic carbocycles. The number of halogens is 3. The van der Waals surface area contributed by atoms with E-state index in [0.29, 0.717) is 0 Å². The molecular weight excluding hydrogens is 218 g/mol. The van der Waals surface area contributed by atoms with Gasteiger partial charge in [-0.05, 0) is 10.9 Å². The first-order chi connectivity index (χ1) is 4.68. The predicted octanol–water partition coefficient (Wildman–Crippen LogP) is -3.71. The Kier molecular flexibility index (Phi) is 11.9. The molecule has 0 saturated carbocycles. The summed E-state index contributed by atoms with van der Waals surface area (Å²) in [5.74, 6) is 0. The van der Waals surface area contributed by atoms with Crippen LogP contribution in [-0.4, -0.2) is 13.9 Å². The molecule has 0 atom stereocenters. The molecule has 0 radical (unpaired) electrons. The second-order valence-electron chi connectivity index (χ2n) is 0.985. The Balaban J connectivity index is -0.000000142. The SMILES string of the molecule is N[S-](=O)=O.O=[SH](=O)C(F)(F)F.[Li+]. The topological polar surface area (TPSA) is 94.3 Å². The summed E-state index contributed by atoms with van der Waals surface area (Å²) in [4.78, 5) is 0. The van der Waals surface area contributed by atoms with Crippen molar-refractivity contribution < 1.29 is 48.9 Å². The zero-order valence-corrected chi connectivity index (χ0v) is 7.41. The van der Waals surface area contributed by atoms with Crippen molar-refractivity contribution in [1.29, 1.82) is 0 Å². The Labute approximate surface area is 81.3 Å². The van der Waals surface area contributed by atoms with E-state index in [0.717, 1.165) is 0 Å². The summed E-state index contributed by atoms with van der Waals surface area (Å²) in [7, 11) is -6.60. The van der Waals surface area contributed by atoms with Gasteiger partial charge in [0.1, 0.15) is 0 Å². The summed E-state index contributed by atoms with van der Waals surface area (Å²) in [6.45, 7) is 0. The van der Waals surface area contributed by atoms with Crippen molar-refractivity contribution in [1.82, 2.24) is 0 Å². The Bertz CT molecular complexity index is 227. The third-order valence-electron chi connectivity index (χ3n) is 0.207. The molecule has 11 heteroatoms. The van der Waals surface area contributed by atoms with Crippen molar-refractivity contribution >= 4 is 21.6 Å². The Morgan fingerprint density at radius 1 is 1.17 bits per heavy atom. The van der Waals surface area contributed by atoms with Crippen molar-refractivity contribution in [3.05, 3.63) is 0 Å². The smallest absolute Gasteiger partial charge is 0.409 e. The first-order valence-corrected chi connectivity index (χ1v) is 4.04. The van der Waals surface area contributed by atoms with Crippen LogP contribution in [0.2, 0.25) is 0 Å². The summed E-state index contributed by atoms with van der Waals surface area (Å²) >= 11 is 0. The molecular formula is CH3F3LiNO4S2. The largest absolute Gasteiger partial charge is 1.00 e. The molecule has 70 valence electrons. The van der Waals surface area contributed by atoms with Gasteiger partial charge in [0.25, 0.3) is 0 Å². The van der Waals surface area contributed by atoms with E-state index < -0.39 is 27.1 Å². The summed E-state index contributed by atoms with van der Waals surface area (Å²) < 4.78 is 67.2. The van der Waals surface area contributed by atoms with Gasteiger partial charge in [0.2, 0.25) is 10.7 Å². The van der Waals surface area contributed by atoms with Gasteiger partial charge in [-0.1, -0.05) is 0 Å². The molecule has 5 nitrogen and oxygen atoms in total. The molecule has 0 spiro atoms. The van der Waals surface area contributed by atoms with E-state index in [-0.39, 0.29) is 18.9 Å². The molecule has 0 aliphatic carbocycles. The number of thiol groups is 1. The number of hydrogen-bond donors (Lipinski definition) is 2. The van der Waals surface area contributed by atoms with Gasteiger partial charge in [0.15, 0.2) is 0 Å². The monoisotopic (exact) mass is 221 g/mol. The van der Waals surface area contributed by atoms with Crippen molar-refractivity contribution in [3.8, 4) is 0 Å². The summed E-state index contributed by atoms with van der Waals surface area (Å²) in [6, 6.07) is 0. The van der Waals surface area contributed by atoms with E-state index in [1.165, 1.54) is 0 Å². The van der Waals surface area contributed by atoms with Crippen LogP contribution in [0.5, 0.6) is 0 Å². The molecule has 0 aliphatic rings. The summed E-state index contributed by atoms with van der Waals surface area (Å²) in [5.41, 5.74) is -5.05. The summed E-state index contributed by atoms with van der Waals surface area (Å²) in [6.07, 6.45) is 0. The Morgan fingerprint density at radius 2 is 1.25 bits per heavy atom. The zero-order chi connectivity index (χ0) is 9.65. The molecule has 0 bridgehead atoms. The van der Waals surface area contributed by atoms with Crippen LogP contribution in [0.1, 0.15) is 0 Å². The van der Waals surface area contributed by atoms with Crippen molar-refractivity contribution in [3.63, 3.8) is 0 Å². The van der Waals surface area contributed by atoms with Crippen LogP contribution in [0.3, 0.4) is 0 Å². The van der Waals surface area contributed by atoms with Gasteiger partial charge in [-0.25, -0.2) is 8.42 Å². The van der Waals surface area contributed by atoms with Crippen LogP contribution in [0, 0.1) is 0 Å². The molecule has 2 N–H and O–H groups in total. The van der Waals surface area contributed by atoms with E-state index in [9.17, 15) is 13.2 Å². The van der Waals surface area contributed by atoms with E-state index >= 15 is 0 Å². The molecule has 0 rings (SSSR count). The first-order valence-electron chi connectivity index (χ1n) is 1.72. The van der Waals surface area contributed by atoms with E-state index in [4.69, 9.17) is 16.8 Å². The van der Waals surface area contributed by atoms with Crippen LogP contribution in [0.25, 0.3) is 0 Å². The third-order valence-corrected chi connectivity index (χ3v) is 0.621. The quantitative estimate of drug-likeness (QED) is 0.250. The van der Waals surface area contributed by atoms with Gasteiger partial charge in [0, 0.05) is 0 Å². The van der Waals surface area contributed by atoms with Gasteiger partial charge < -0.3 is 13.6 Å². The number of hydrogen-bond acceptors (Lipinski definition) is 5. The standard InChI is InChI=1S/CHF3O2S.Li.H2NO2S/c2-1(3,4)7(5)6;;1-4(2)3/h7H;;(H2,1,2,3)/q;+1;-1. The van der Waals surface area contributed by atoms with Crippen molar-refractivity contribution in [2.24, 2.45) is 5.14 Å². The van der Waals surface area contributed by atoms with E-state index in [1.54, 1.807) is 0 Å². The van der Waals surface area contributed by atoms with Crippen molar-refractivity contribution in [2.45, 2.75) is 5.51 Å². The molecule has 0 fully saturated rings. The Hall–Kier alpha value is 0.247. The van der Waals surface area contributed by atoms with Crippen LogP contribution < -0.4 is 24.0 Å². The zero-order valence-electron chi connectivity index (χ0n) is 5.70. The fourth-order valence-electron chi connectivity index (χ4n) is 0. The first kappa shape index (κ1) is 18.1. The average Bonchev–Trinajstić information content (AvgIpc) is 1.59. The normalized spacial score (nSPS) is 10.2. The van der Waals surface area contributed by atoms with Crippen LogP contribution in [0.4, 0.5) is 13.2 Å². The third kappa shape index (κ3) is 22.5. The fraction of sp³-hybridized carbons (Fsp3) is 1.00. The second kappa shape index (κ2) is 7.87. The molecule has 0 aromatic rings. The van der Waals surface area contributed by atoms with Crippen LogP contribution in [0.15, 0.2) is 0 Å². The van der Waals surface area contributed by atoms with Gasteiger partial charge >= 0.3 is 24.4 Å². The van der Waals surface area contributed by atoms with E-state index in [1.807, 2.05) is 0 Å². The maximum Gasteiger partial charge on any atom is 1.00 e. The molecule has 0 heterocycles. The van der Waals surface area contributed by atoms with E-state index in [2.05, 4.69) is 5.14 Å². The van der Waals surface area contributed by atoms with Crippen molar-refractivity contribution in [2.75, 3.05) is 0 Å². The van der Waals surface area contributed by atoms with Gasteiger partial charge in [-0.3, -0.25) is 0 Å². The van der Waals surface area contributed by atoms with Gasteiger partial charge in [-0.2, -0.15) is 13.2 Å². The second-order valence-corrected chi connectivity index (χ2v) is 2.53. The maximum absolute atomic E-state index is 10.6. The average molecular weight is 221 g/mol. The van der Waals surface area contributed by atoms with Gasteiger partial charge in [0.05, 0.1) is 0 Å². The number of alkyl halides is 3. The van der Waals surface area contributed by atoms with Gasteiger partial charge in [-0.15, -0.1) is 0 Å². The molecule has 0 unspecified atom stereocenters. The number of rotatable bonds is 0. The minimum Gasteiger partial charge on any atom is -0.409 e. The molecule has 0 saturated heterocycles. The minimum atomic E-state index is -5.05. The molecule has 12 heavy (non-hydrogen) atoms. The minimum absolute atomic E-state index is 0. The summed E-state index contributed by atoms with van der Waals surface area (Å²) in [5, 5.41) is 4.03. The predicted molar refractivity (Wildman–Crippen MR) is 29.3 cm³/mol. The molecule has 0 aromatic heterocycles. The van der Waals surface area contributed by atoms with Crippen LogP contribution >= 0.6 is 0 Å². The van der Waals surface area contributed by atoms with Crippen LogP contribution in [-0.2, 0) is 30.0 Å². The molecule has 0 amide bonds. The fourth-order valence-corrected chi connectivity index (χ4v) is 0. The maximum atomic E-state index is 10.6. The number of nitrogens with two attached hydrogens (primary N) is 1. The Morgan fingerprint density at radius 3 is 1.25 bits per heavy atom. The molecule has 0 aliphatic heterocycles.